The zero-order valence-electron chi connectivity index (χ0n) is 13.2. The van der Waals surface area contributed by atoms with E-state index < -0.39 is 0 Å². The molecule has 0 spiro atoms. The molecule has 1 N–H and O–H groups in total. The molecule has 0 bridgehead atoms. The molecular weight excluding hydrogens is 252 g/mol. The minimum atomic E-state index is 0.716. The zero-order valence-corrected chi connectivity index (χ0v) is 14.0. The van der Waals surface area contributed by atoms with Crippen molar-refractivity contribution in [1.82, 2.24) is 10.2 Å². The highest BCUT2D eigenvalue weighted by Gasteiger charge is 2.35. The van der Waals surface area contributed by atoms with Gasteiger partial charge in [0.05, 0.1) is 0 Å². The Morgan fingerprint density at radius 3 is 2.42 bits per heavy atom. The number of nitrogens with one attached hydrogen (secondary N) is 1. The fourth-order valence-corrected chi connectivity index (χ4v) is 4.53. The third kappa shape index (κ3) is 3.89. The Bertz CT molecular complexity index is 261. The number of thioether (sulfide) groups is 1. The molecule has 2 rings (SSSR count). The first-order chi connectivity index (χ1) is 9.15. The molecule has 2 unspecified atom stereocenters. The van der Waals surface area contributed by atoms with Crippen LogP contribution in [0, 0.1) is 5.92 Å². The summed E-state index contributed by atoms with van der Waals surface area (Å²) < 4.78 is 0. The fourth-order valence-electron chi connectivity index (χ4n) is 3.78. The third-order valence-electron chi connectivity index (χ3n) is 5.18. The number of rotatable bonds is 4. The van der Waals surface area contributed by atoms with E-state index in [1.807, 2.05) is 0 Å². The van der Waals surface area contributed by atoms with Gasteiger partial charge in [0, 0.05) is 36.5 Å². The second kappa shape index (κ2) is 7.33. The van der Waals surface area contributed by atoms with Crippen LogP contribution in [-0.4, -0.2) is 47.6 Å². The zero-order chi connectivity index (χ0) is 13.8. The second-order valence-corrected chi connectivity index (χ2v) is 7.83. The van der Waals surface area contributed by atoms with Gasteiger partial charge in [0.2, 0.25) is 0 Å². The Morgan fingerprint density at radius 2 is 1.89 bits per heavy atom. The van der Waals surface area contributed by atoms with Gasteiger partial charge in [-0.1, -0.05) is 20.8 Å². The van der Waals surface area contributed by atoms with Gasteiger partial charge in [-0.2, -0.15) is 11.8 Å². The van der Waals surface area contributed by atoms with Crippen molar-refractivity contribution in [2.75, 3.05) is 19.3 Å². The maximum absolute atomic E-state index is 3.74. The lowest BCUT2D eigenvalue weighted by atomic mass is 9.88. The molecule has 0 aromatic carbocycles. The molecule has 2 nitrogen and oxygen atoms in total. The van der Waals surface area contributed by atoms with Crippen LogP contribution < -0.4 is 5.32 Å². The standard InChI is InChI=1S/C16H32N2S/c1-5-13-11-18(16(10-17-13)12(2)3)14-6-8-15(19-4)9-7-14/h12-17H,5-11H2,1-4H3. The Morgan fingerprint density at radius 1 is 1.21 bits per heavy atom. The number of piperazine rings is 1. The fraction of sp³-hybridized carbons (Fsp3) is 1.00. The molecule has 3 heteroatoms. The highest BCUT2D eigenvalue weighted by atomic mass is 32.2. The van der Waals surface area contributed by atoms with Crippen LogP contribution in [-0.2, 0) is 0 Å². The van der Waals surface area contributed by atoms with Crippen molar-refractivity contribution in [1.29, 1.82) is 0 Å². The molecule has 1 heterocycles. The van der Waals surface area contributed by atoms with Gasteiger partial charge in [0.15, 0.2) is 0 Å². The maximum Gasteiger partial charge on any atom is 0.0247 e. The molecule has 0 amide bonds. The molecule has 2 atom stereocenters. The van der Waals surface area contributed by atoms with Gasteiger partial charge >= 0.3 is 0 Å². The SMILES string of the molecule is CCC1CN(C2CCC(SC)CC2)C(C(C)C)CN1. The van der Waals surface area contributed by atoms with Crippen molar-refractivity contribution in [2.24, 2.45) is 5.92 Å². The largest absolute Gasteiger partial charge is 0.311 e. The average Bonchev–Trinajstić information content (AvgIpc) is 2.46. The maximum atomic E-state index is 3.74. The molecule has 1 aliphatic heterocycles. The average molecular weight is 285 g/mol. The van der Waals surface area contributed by atoms with Gasteiger partial charge in [-0.25, -0.2) is 0 Å². The summed E-state index contributed by atoms with van der Waals surface area (Å²) in [7, 11) is 0. The van der Waals surface area contributed by atoms with Crippen LogP contribution in [0.25, 0.3) is 0 Å². The van der Waals surface area contributed by atoms with Gasteiger partial charge in [0.25, 0.3) is 0 Å². The Balaban J connectivity index is 1.97. The summed E-state index contributed by atoms with van der Waals surface area (Å²) >= 11 is 2.08. The van der Waals surface area contributed by atoms with E-state index in [0.29, 0.717) is 6.04 Å². The predicted octanol–water partition coefficient (Wildman–Crippen LogP) is 3.37. The van der Waals surface area contributed by atoms with E-state index >= 15 is 0 Å². The first-order valence-corrected chi connectivity index (χ1v) is 9.46. The molecule has 1 aliphatic carbocycles. The summed E-state index contributed by atoms with van der Waals surface area (Å²) in [6.07, 6.45) is 9.24. The van der Waals surface area contributed by atoms with E-state index in [-0.39, 0.29) is 0 Å². The molecule has 0 radical (unpaired) electrons. The normalized spacial score (nSPS) is 37.7. The van der Waals surface area contributed by atoms with Crippen LogP contribution in [0.15, 0.2) is 0 Å². The van der Waals surface area contributed by atoms with Gasteiger partial charge in [0.1, 0.15) is 0 Å². The highest BCUT2D eigenvalue weighted by molar-refractivity contribution is 7.99. The van der Waals surface area contributed by atoms with Gasteiger partial charge in [-0.05, 0) is 44.3 Å². The van der Waals surface area contributed by atoms with E-state index in [4.69, 9.17) is 0 Å². The van der Waals surface area contributed by atoms with Crippen molar-refractivity contribution in [3.05, 3.63) is 0 Å². The Hall–Kier alpha value is 0.270. The number of hydrogen-bond acceptors (Lipinski definition) is 3. The first kappa shape index (κ1) is 15.7. The topological polar surface area (TPSA) is 15.3 Å². The molecule has 0 aromatic rings. The smallest absolute Gasteiger partial charge is 0.0247 e. The molecule has 2 aliphatic rings. The second-order valence-electron chi connectivity index (χ2n) is 6.69. The molecular formula is C16H32N2S. The van der Waals surface area contributed by atoms with E-state index in [9.17, 15) is 0 Å². The number of hydrogen-bond donors (Lipinski definition) is 1. The lowest BCUT2D eigenvalue weighted by Crippen LogP contribution is -2.61. The predicted molar refractivity (Wildman–Crippen MR) is 87.0 cm³/mol. The Labute approximate surface area is 124 Å². The lowest BCUT2D eigenvalue weighted by Gasteiger charge is -2.48. The van der Waals surface area contributed by atoms with E-state index in [1.54, 1.807) is 0 Å². The highest BCUT2D eigenvalue weighted by Crippen LogP contribution is 2.32. The molecule has 112 valence electrons. The van der Waals surface area contributed by atoms with E-state index in [0.717, 1.165) is 23.3 Å². The Kier molecular flexibility index (Phi) is 6.04. The summed E-state index contributed by atoms with van der Waals surface area (Å²) in [5.41, 5.74) is 0. The molecule has 1 saturated carbocycles. The summed E-state index contributed by atoms with van der Waals surface area (Å²) in [6, 6.07) is 2.32. The van der Waals surface area contributed by atoms with Crippen LogP contribution in [0.4, 0.5) is 0 Å². The van der Waals surface area contributed by atoms with E-state index in [1.165, 1.54) is 45.2 Å². The van der Waals surface area contributed by atoms with Crippen LogP contribution >= 0.6 is 11.8 Å². The van der Waals surface area contributed by atoms with Crippen LogP contribution in [0.2, 0.25) is 0 Å². The van der Waals surface area contributed by atoms with Gasteiger partial charge in [-0.15, -0.1) is 0 Å². The minimum absolute atomic E-state index is 0.716. The van der Waals surface area contributed by atoms with E-state index in [2.05, 4.69) is 49.0 Å². The molecule has 1 saturated heterocycles. The summed E-state index contributed by atoms with van der Waals surface area (Å²) in [5, 5.41) is 4.67. The van der Waals surface area contributed by atoms with Crippen molar-refractivity contribution < 1.29 is 0 Å². The van der Waals surface area contributed by atoms with Crippen molar-refractivity contribution in [3.63, 3.8) is 0 Å². The van der Waals surface area contributed by atoms with Gasteiger partial charge in [-0.3, -0.25) is 4.90 Å². The quantitative estimate of drug-likeness (QED) is 0.852. The molecule has 2 fully saturated rings. The van der Waals surface area contributed by atoms with Crippen LogP contribution in [0.1, 0.15) is 52.9 Å². The minimum Gasteiger partial charge on any atom is -0.311 e. The monoisotopic (exact) mass is 284 g/mol. The number of nitrogens with zero attached hydrogens (tertiary/aromatic N) is 1. The lowest BCUT2D eigenvalue weighted by molar-refractivity contribution is 0.0392. The van der Waals surface area contributed by atoms with Crippen LogP contribution in [0.3, 0.4) is 0 Å². The third-order valence-corrected chi connectivity index (χ3v) is 6.32. The molecule has 0 aromatic heterocycles. The summed E-state index contributed by atoms with van der Waals surface area (Å²) in [4.78, 5) is 2.87. The van der Waals surface area contributed by atoms with Crippen molar-refractivity contribution in [3.8, 4) is 0 Å². The van der Waals surface area contributed by atoms with Crippen LogP contribution in [0.5, 0.6) is 0 Å². The van der Waals surface area contributed by atoms with Crippen molar-refractivity contribution in [2.45, 2.75) is 76.3 Å². The summed E-state index contributed by atoms with van der Waals surface area (Å²) in [6.45, 7) is 9.56. The molecule has 19 heavy (non-hydrogen) atoms. The summed E-state index contributed by atoms with van der Waals surface area (Å²) in [5.74, 6) is 0.767. The van der Waals surface area contributed by atoms with Crippen molar-refractivity contribution >= 4 is 11.8 Å². The first-order valence-electron chi connectivity index (χ1n) is 8.17. The van der Waals surface area contributed by atoms with Gasteiger partial charge < -0.3 is 5.32 Å².